The number of hydrogen-bond donors (Lipinski definition) is 1. The highest BCUT2D eigenvalue weighted by Crippen LogP contribution is 2.31. The maximum Gasteiger partial charge on any atom is 0.328 e. The molecule has 1 aliphatic carbocycles. The highest BCUT2D eigenvalue weighted by atomic mass is 16.4. The van der Waals surface area contributed by atoms with Gasteiger partial charge in [-0.25, -0.2) is 4.79 Å². The van der Waals surface area contributed by atoms with Gasteiger partial charge in [-0.15, -0.1) is 0 Å². The second-order valence-corrected chi connectivity index (χ2v) is 6.02. The number of carboxylic acid groups (broad SMARTS) is 1. The van der Waals surface area contributed by atoms with Crippen LogP contribution in [-0.4, -0.2) is 23.3 Å². The van der Waals surface area contributed by atoms with Crippen molar-refractivity contribution in [3.63, 3.8) is 0 Å². The van der Waals surface area contributed by atoms with Gasteiger partial charge in [0.1, 0.15) is 6.04 Å². The summed E-state index contributed by atoms with van der Waals surface area (Å²) in [6, 6.07) is -0.693. The van der Waals surface area contributed by atoms with Crippen LogP contribution in [0.25, 0.3) is 0 Å². The first-order chi connectivity index (χ1) is 11.8. The van der Waals surface area contributed by atoms with Crippen molar-refractivity contribution in [3.8, 4) is 0 Å². The molecule has 0 aromatic carbocycles. The number of carbonyl (C=O) groups is 1. The predicted molar refractivity (Wildman–Crippen MR) is 112 cm³/mol. The van der Waals surface area contributed by atoms with E-state index in [-0.39, 0.29) is 0 Å². The third-order valence-corrected chi connectivity index (χ3v) is 4.20. The molecule has 0 amide bonds. The lowest BCUT2D eigenvalue weighted by atomic mass is 9.83. The topological polar surface area (TPSA) is 49.7 Å². The Morgan fingerprint density at radius 1 is 1.20 bits per heavy atom. The number of nitrogens with zero attached hydrogens (tertiary/aromatic N) is 1. The fourth-order valence-electron chi connectivity index (χ4n) is 2.49. The molecule has 0 radical (unpaired) electrons. The number of rotatable bonds is 5. The quantitative estimate of drug-likeness (QED) is 0.448. The van der Waals surface area contributed by atoms with Gasteiger partial charge in [0.2, 0.25) is 0 Å². The van der Waals surface area contributed by atoms with Crippen LogP contribution >= 0.6 is 0 Å². The largest absolute Gasteiger partial charge is 0.480 e. The third kappa shape index (κ3) is 10.1. The summed E-state index contributed by atoms with van der Waals surface area (Å²) in [5.74, 6) is -0.274. The summed E-state index contributed by atoms with van der Waals surface area (Å²) in [6.45, 7) is 18.2. The molecule has 0 aromatic rings. The van der Waals surface area contributed by atoms with E-state index in [0.717, 1.165) is 5.57 Å². The van der Waals surface area contributed by atoms with Crippen molar-refractivity contribution in [1.82, 2.24) is 0 Å². The Kier molecular flexibility index (Phi) is 15.0. The van der Waals surface area contributed by atoms with Gasteiger partial charge in [0.15, 0.2) is 0 Å². The minimum atomic E-state index is -0.902. The Morgan fingerprint density at radius 2 is 1.76 bits per heavy atom. The normalized spacial score (nSPS) is 19.6. The van der Waals surface area contributed by atoms with Gasteiger partial charge >= 0.3 is 5.97 Å². The molecule has 3 nitrogen and oxygen atoms in total. The van der Waals surface area contributed by atoms with Crippen molar-refractivity contribution < 1.29 is 9.90 Å². The summed E-state index contributed by atoms with van der Waals surface area (Å²) < 4.78 is 0. The van der Waals surface area contributed by atoms with Crippen molar-refractivity contribution in [3.05, 3.63) is 34.4 Å². The van der Waals surface area contributed by atoms with Crippen LogP contribution in [0, 0.1) is 5.92 Å². The smallest absolute Gasteiger partial charge is 0.328 e. The number of hydrogen-bond acceptors (Lipinski definition) is 2. The van der Waals surface area contributed by atoms with Crippen molar-refractivity contribution >= 4 is 12.2 Å². The maximum atomic E-state index is 10.7. The molecule has 0 aliphatic heterocycles. The van der Waals surface area contributed by atoms with Crippen LogP contribution in [0.4, 0.5) is 0 Å². The van der Waals surface area contributed by atoms with Crippen LogP contribution in [0.5, 0.6) is 0 Å². The minimum absolute atomic E-state index is 0.627. The SMILES string of the molecule is CC.CC.CC1=C(/C=C(C)/C(C)=C/C=NC(C)C(=O)O)C(C)CCC1. The molecule has 144 valence electrons. The van der Waals surface area contributed by atoms with E-state index in [9.17, 15) is 4.79 Å². The van der Waals surface area contributed by atoms with Crippen LogP contribution in [0.1, 0.15) is 81.6 Å². The van der Waals surface area contributed by atoms with Crippen LogP contribution < -0.4 is 0 Å². The fourth-order valence-corrected chi connectivity index (χ4v) is 2.49. The van der Waals surface area contributed by atoms with Gasteiger partial charge in [-0.1, -0.05) is 46.3 Å². The van der Waals surface area contributed by atoms with Crippen molar-refractivity contribution in [2.24, 2.45) is 10.9 Å². The third-order valence-electron chi connectivity index (χ3n) is 4.20. The number of aliphatic carboxylic acids is 1. The molecule has 0 saturated carbocycles. The Hall–Kier alpha value is -1.64. The molecule has 0 saturated heterocycles. The standard InChI is InChI=1S/C18H27NO2.2C2H6/c1-12(9-10-19-16(5)18(20)21)15(4)11-17-13(2)7-6-8-14(17)3;2*1-2/h9-11,13,16H,6-8H2,1-5H3,(H,20,21);2*1-2H3/b12-9+,15-11+,19-10?;;. The number of aliphatic imine (C=N–C) groups is 1. The Bertz CT molecular complexity index is 510. The van der Waals surface area contributed by atoms with Crippen LogP contribution in [0.3, 0.4) is 0 Å². The molecule has 2 unspecified atom stereocenters. The Balaban J connectivity index is 0. The molecule has 3 heteroatoms. The molecule has 0 spiro atoms. The van der Waals surface area contributed by atoms with Gasteiger partial charge in [-0.2, -0.15) is 0 Å². The van der Waals surface area contributed by atoms with Crippen molar-refractivity contribution in [1.29, 1.82) is 0 Å². The van der Waals surface area contributed by atoms with Gasteiger partial charge in [0.05, 0.1) is 0 Å². The second kappa shape index (κ2) is 14.7. The monoisotopic (exact) mass is 349 g/mol. The van der Waals surface area contributed by atoms with Crippen molar-refractivity contribution in [2.75, 3.05) is 0 Å². The van der Waals surface area contributed by atoms with Crippen LogP contribution in [-0.2, 0) is 4.79 Å². The van der Waals surface area contributed by atoms with E-state index < -0.39 is 12.0 Å². The van der Waals surface area contributed by atoms with E-state index in [1.165, 1.54) is 36.0 Å². The van der Waals surface area contributed by atoms with E-state index in [1.54, 1.807) is 13.1 Å². The molecular formula is C22H39NO2. The zero-order valence-electron chi connectivity index (χ0n) is 17.8. The minimum Gasteiger partial charge on any atom is -0.480 e. The lowest BCUT2D eigenvalue weighted by Gasteiger charge is -2.23. The average molecular weight is 350 g/mol. The van der Waals surface area contributed by atoms with Gasteiger partial charge in [-0.05, 0) is 75.7 Å². The zero-order valence-corrected chi connectivity index (χ0v) is 17.8. The van der Waals surface area contributed by atoms with Crippen LogP contribution in [0.2, 0.25) is 0 Å². The first-order valence-electron chi connectivity index (χ1n) is 9.64. The maximum absolute atomic E-state index is 10.7. The average Bonchev–Trinajstić information content (AvgIpc) is 2.61. The van der Waals surface area contributed by atoms with Gasteiger partial charge in [0, 0.05) is 6.21 Å². The first kappa shape index (κ1) is 25.6. The summed E-state index contributed by atoms with van der Waals surface area (Å²) in [5.41, 5.74) is 5.29. The number of carboxylic acids is 1. The first-order valence-corrected chi connectivity index (χ1v) is 9.64. The van der Waals surface area contributed by atoms with E-state index in [1.807, 2.05) is 40.7 Å². The zero-order chi connectivity index (χ0) is 20.0. The lowest BCUT2D eigenvalue weighted by Crippen LogP contribution is -2.12. The molecular weight excluding hydrogens is 310 g/mol. The van der Waals surface area contributed by atoms with Crippen LogP contribution in [0.15, 0.2) is 39.4 Å². The Morgan fingerprint density at radius 3 is 2.24 bits per heavy atom. The summed E-state index contributed by atoms with van der Waals surface area (Å²) in [7, 11) is 0. The molecule has 0 bridgehead atoms. The van der Waals surface area contributed by atoms with E-state index in [4.69, 9.17) is 5.11 Å². The molecule has 0 heterocycles. The Labute approximate surface area is 155 Å². The molecule has 1 N–H and O–H groups in total. The highest BCUT2D eigenvalue weighted by molar-refractivity contribution is 5.79. The molecule has 25 heavy (non-hydrogen) atoms. The summed E-state index contributed by atoms with van der Waals surface area (Å²) in [5, 5.41) is 8.78. The molecule has 0 aromatic heterocycles. The van der Waals surface area contributed by atoms with E-state index in [0.29, 0.717) is 5.92 Å². The second-order valence-electron chi connectivity index (χ2n) is 6.02. The van der Waals surface area contributed by atoms with Gasteiger partial charge in [-0.3, -0.25) is 4.99 Å². The number of allylic oxidation sites excluding steroid dienone is 6. The van der Waals surface area contributed by atoms with Gasteiger partial charge < -0.3 is 5.11 Å². The van der Waals surface area contributed by atoms with Gasteiger partial charge in [0.25, 0.3) is 0 Å². The van der Waals surface area contributed by atoms with Crippen molar-refractivity contribution in [2.45, 2.75) is 87.6 Å². The molecule has 0 fully saturated rings. The highest BCUT2D eigenvalue weighted by Gasteiger charge is 2.15. The molecule has 2 atom stereocenters. The summed E-state index contributed by atoms with van der Waals surface area (Å²) in [6.07, 6.45) is 9.50. The fraction of sp³-hybridized carbons (Fsp3) is 0.636. The van der Waals surface area contributed by atoms with E-state index >= 15 is 0 Å². The summed E-state index contributed by atoms with van der Waals surface area (Å²) >= 11 is 0. The molecule has 1 aliphatic rings. The summed E-state index contributed by atoms with van der Waals surface area (Å²) in [4.78, 5) is 14.7. The molecule has 1 rings (SSSR count). The predicted octanol–water partition coefficient (Wildman–Crippen LogP) is 6.61. The van der Waals surface area contributed by atoms with E-state index in [2.05, 4.69) is 31.8 Å². The lowest BCUT2D eigenvalue weighted by molar-refractivity contribution is -0.137.